The first kappa shape index (κ1) is 33.9. The third kappa shape index (κ3) is 27.4. The SMILES string of the molecule is CC(C)CCCCCCCCC(CCCCCCCCCCCCCCCCCC(=O)O)C(=O)O. The predicted octanol–water partition coefficient (Wildman–Crippen LogP) is 10.2. The van der Waals surface area contributed by atoms with Crippen molar-refractivity contribution >= 4 is 11.9 Å². The second kappa shape index (κ2) is 26.0. The highest BCUT2D eigenvalue weighted by molar-refractivity contribution is 5.69. The van der Waals surface area contributed by atoms with E-state index in [1.165, 1.54) is 116 Å². The molecular formula is C31H60O4. The lowest BCUT2D eigenvalue weighted by Gasteiger charge is -2.12. The molecule has 0 rings (SSSR count). The number of rotatable bonds is 28. The Morgan fingerprint density at radius 3 is 1.03 bits per heavy atom. The van der Waals surface area contributed by atoms with Gasteiger partial charge in [0.1, 0.15) is 0 Å². The van der Waals surface area contributed by atoms with Gasteiger partial charge in [0.2, 0.25) is 0 Å². The Morgan fingerprint density at radius 1 is 0.457 bits per heavy atom. The summed E-state index contributed by atoms with van der Waals surface area (Å²) in [4.78, 5) is 22.0. The van der Waals surface area contributed by atoms with E-state index in [-0.39, 0.29) is 5.92 Å². The molecule has 1 unspecified atom stereocenters. The zero-order valence-corrected chi connectivity index (χ0v) is 23.5. The summed E-state index contributed by atoms with van der Waals surface area (Å²) in [5, 5.41) is 18.1. The molecule has 35 heavy (non-hydrogen) atoms. The second-order valence-electron chi connectivity index (χ2n) is 11.4. The van der Waals surface area contributed by atoms with Gasteiger partial charge in [-0.1, -0.05) is 149 Å². The molecule has 4 heteroatoms. The number of carbonyl (C=O) groups is 2. The molecule has 208 valence electrons. The van der Waals surface area contributed by atoms with Gasteiger partial charge in [-0.15, -0.1) is 0 Å². The lowest BCUT2D eigenvalue weighted by molar-refractivity contribution is -0.142. The number of unbranched alkanes of at least 4 members (excludes halogenated alkanes) is 19. The predicted molar refractivity (Wildman–Crippen MR) is 149 cm³/mol. The molecule has 0 aromatic heterocycles. The summed E-state index contributed by atoms with van der Waals surface area (Å²) in [6.45, 7) is 4.57. The van der Waals surface area contributed by atoms with Crippen LogP contribution in [0, 0.1) is 11.8 Å². The largest absolute Gasteiger partial charge is 0.481 e. The van der Waals surface area contributed by atoms with Gasteiger partial charge in [0, 0.05) is 6.42 Å². The van der Waals surface area contributed by atoms with E-state index >= 15 is 0 Å². The van der Waals surface area contributed by atoms with E-state index in [0.717, 1.165) is 44.4 Å². The summed E-state index contributed by atoms with van der Waals surface area (Å²) in [7, 11) is 0. The molecule has 0 bridgehead atoms. The molecule has 2 N–H and O–H groups in total. The van der Waals surface area contributed by atoms with Crippen molar-refractivity contribution in [3.63, 3.8) is 0 Å². The molecule has 1 atom stereocenters. The van der Waals surface area contributed by atoms with Crippen molar-refractivity contribution in [2.24, 2.45) is 11.8 Å². The standard InChI is InChI=1S/C31H60O4/c1-28(2)24-20-16-14-15-18-22-26-29(31(34)35)25-21-17-12-10-8-6-4-3-5-7-9-11-13-19-23-27-30(32)33/h28-29H,3-27H2,1-2H3,(H,32,33)(H,34,35). The minimum Gasteiger partial charge on any atom is -0.481 e. The van der Waals surface area contributed by atoms with E-state index in [1.54, 1.807) is 0 Å². The van der Waals surface area contributed by atoms with Crippen LogP contribution < -0.4 is 0 Å². The van der Waals surface area contributed by atoms with Gasteiger partial charge < -0.3 is 10.2 Å². The van der Waals surface area contributed by atoms with Gasteiger partial charge in [0.05, 0.1) is 5.92 Å². The summed E-state index contributed by atoms with van der Waals surface area (Å²) in [5.41, 5.74) is 0. The summed E-state index contributed by atoms with van der Waals surface area (Å²) < 4.78 is 0. The maximum absolute atomic E-state index is 11.6. The third-order valence-electron chi connectivity index (χ3n) is 7.38. The van der Waals surface area contributed by atoms with Crippen molar-refractivity contribution in [3.05, 3.63) is 0 Å². The fraction of sp³-hybridized carbons (Fsp3) is 0.935. The van der Waals surface area contributed by atoms with Gasteiger partial charge in [-0.2, -0.15) is 0 Å². The first-order valence-electron chi connectivity index (χ1n) is 15.4. The molecule has 4 nitrogen and oxygen atoms in total. The van der Waals surface area contributed by atoms with Crippen LogP contribution in [0.3, 0.4) is 0 Å². The van der Waals surface area contributed by atoms with Gasteiger partial charge in [-0.3, -0.25) is 9.59 Å². The monoisotopic (exact) mass is 496 g/mol. The highest BCUT2D eigenvalue weighted by Crippen LogP contribution is 2.20. The van der Waals surface area contributed by atoms with E-state index in [9.17, 15) is 14.7 Å². The highest BCUT2D eigenvalue weighted by Gasteiger charge is 2.16. The van der Waals surface area contributed by atoms with Crippen LogP contribution in [0.1, 0.15) is 174 Å². The van der Waals surface area contributed by atoms with Crippen molar-refractivity contribution < 1.29 is 19.8 Å². The molecule has 0 aliphatic rings. The lowest BCUT2D eigenvalue weighted by Crippen LogP contribution is -2.13. The number of aliphatic carboxylic acids is 2. The Kier molecular flexibility index (Phi) is 25.2. The van der Waals surface area contributed by atoms with Crippen LogP contribution in [0.5, 0.6) is 0 Å². The average molecular weight is 497 g/mol. The van der Waals surface area contributed by atoms with Gasteiger partial charge in [0.25, 0.3) is 0 Å². The molecule has 0 fully saturated rings. The molecule has 0 amide bonds. The van der Waals surface area contributed by atoms with Crippen LogP contribution in [0.25, 0.3) is 0 Å². The Hall–Kier alpha value is -1.06. The first-order valence-corrected chi connectivity index (χ1v) is 15.4. The molecule has 0 aliphatic carbocycles. The van der Waals surface area contributed by atoms with Crippen molar-refractivity contribution in [1.82, 2.24) is 0 Å². The highest BCUT2D eigenvalue weighted by atomic mass is 16.4. The molecule has 0 aromatic rings. The van der Waals surface area contributed by atoms with Gasteiger partial charge in [0.15, 0.2) is 0 Å². The minimum atomic E-state index is -0.670. The molecule has 0 saturated heterocycles. The average Bonchev–Trinajstić information content (AvgIpc) is 2.80. The van der Waals surface area contributed by atoms with Crippen molar-refractivity contribution in [1.29, 1.82) is 0 Å². The van der Waals surface area contributed by atoms with Gasteiger partial charge in [-0.25, -0.2) is 0 Å². The normalized spacial score (nSPS) is 12.3. The van der Waals surface area contributed by atoms with E-state index in [1.807, 2.05) is 0 Å². The van der Waals surface area contributed by atoms with Crippen molar-refractivity contribution in [2.75, 3.05) is 0 Å². The van der Waals surface area contributed by atoms with E-state index in [2.05, 4.69) is 13.8 Å². The molecule has 0 heterocycles. The number of carboxylic acid groups (broad SMARTS) is 2. The van der Waals surface area contributed by atoms with Crippen LogP contribution in [0.2, 0.25) is 0 Å². The quantitative estimate of drug-likeness (QED) is 0.106. The smallest absolute Gasteiger partial charge is 0.306 e. The zero-order valence-electron chi connectivity index (χ0n) is 23.5. The summed E-state index contributed by atoms with van der Waals surface area (Å²) in [6, 6.07) is 0. The number of carboxylic acids is 2. The third-order valence-corrected chi connectivity index (χ3v) is 7.38. The van der Waals surface area contributed by atoms with Gasteiger partial charge >= 0.3 is 11.9 Å². The van der Waals surface area contributed by atoms with Crippen LogP contribution in [0.15, 0.2) is 0 Å². The van der Waals surface area contributed by atoms with E-state index in [4.69, 9.17) is 5.11 Å². The zero-order chi connectivity index (χ0) is 26.0. The Labute approximate surface area is 218 Å². The maximum Gasteiger partial charge on any atom is 0.306 e. The Bertz CT molecular complexity index is 475. The maximum atomic E-state index is 11.6. The minimum absolute atomic E-state index is 0.124. The summed E-state index contributed by atoms with van der Waals surface area (Å²) in [5.74, 6) is -0.565. The molecule has 0 aromatic carbocycles. The van der Waals surface area contributed by atoms with E-state index in [0.29, 0.717) is 6.42 Å². The van der Waals surface area contributed by atoms with Crippen LogP contribution in [0.4, 0.5) is 0 Å². The fourth-order valence-corrected chi connectivity index (χ4v) is 5.01. The summed E-state index contributed by atoms with van der Waals surface area (Å²) in [6.07, 6.45) is 29.3. The molecule has 0 aliphatic heterocycles. The Balaban J connectivity index is 3.39. The molecule has 0 radical (unpaired) electrons. The number of hydrogen-bond acceptors (Lipinski definition) is 2. The number of hydrogen-bond donors (Lipinski definition) is 2. The molecule has 0 saturated carbocycles. The Morgan fingerprint density at radius 2 is 0.743 bits per heavy atom. The van der Waals surface area contributed by atoms with Crippen LogP contribution >= 0.6 is 0 Å². The van der Waals surface area contributed by atoms with Crippen LogP contribution in [-0.4, -0.2) is 22.2 Å². The fourth-order valence-electron chi connectivity index (χ4n) is 5.01. The van der Waals surface area contributed by atoms with Crippen LogP contribution in [-0.2, 0) is 9.59 Å². The summed E-state index contributed by atoms with van der Waals surface area (Å²) >= 11 is 0. The van der Waals surface area contributed by atoms with E-state index < -0.39 is 11.9 Å². The van der Waals surface area contributed by atoms with Crippen molar-refractivity contribution in [3.8, 4) is 0 Å². The molecule has 0 spiro atoms. The first-order chi connectivity index (χ1) is 16.9. The second-order valence-corrected chi connectivity index (χ2v) is 11.4. The van der Waals surface area contributed by atoms with Gasteiger partial charge in [-0.05, 0) is 25.2 Å². The van der Waals surface area contributed by atoms with Crippen molar-refractivity contribution in [2.45, 2.75) is 174 Å². The lowest BCUT2D eigenvalue weighted by atomic mass is 9.94. The molecular weight excluding hydrogens is 436 g/mol. The topological polar surface area (TPSA) is 74.6 Å².